The van der Waals surface area contributed by atoms with Gasteiger partial charge in [-0.05, 0) is 66.3 Å². The van der Waals surface area contributed by atoms with Crippen molar-refractivity contribution >= 4 is 74.6 Å². The topological polar surface area (TPSA) is 110 Å². The highest BCUT2D eigenvalue weighted by Gasteiger charge is 2.32. The molecule has 1 atom stereocenters. The Morgan fingerprint density at radius 2 is 1.86 bits per heavy atom. The van der Waals surface area contributed by atoms with E-state index in [1.165, 1.54) is 6.21 Å². The number of para-hydroxylation sites is 1. The minimum atomic E-state index is -0.643. The maximum atomic E-state index is 12.8. The third-order valence-electron chi connectivity index (χ3n) is 6.11. The van der Waals surface area contributed by atoms with Gasteiger partial charge in [-0.2, -0.15) is 5.10 Å². The zero-order chi connectivity index (χ0) is 30.9. The lowest BCUT2D eigenvalue weighted by Gasteiger charge is -2.30. The molecule has 4 rings (SSSR count). The number of benzene rings is 3. The molecule has 1 aliphatic heterocycles. The minimum Gasteiger partial charge on any atom is -0.487 e. The summed E-state index contributed by atoms with van der Waals surface area (Å²) >= 11 is 21.3. The summed E-state index contributed by atoms with van der Waals surface area (Å²) in [6.45, 7) is 3.55. The number of hydrogen-bond donors (Lipinski definition) is 3. The van der Waals surface area contributed by atoms with Gasteiger partial charge in [0.25, 0.3) is 5.91 Å². The molecule has 13 heteroatoms. The first-order chi connectivity index (χ1) is 20.7. The van der Waals surface area contributed by atoms with Crippen molar-refractivity contribution in [2.75, 3.05) is 13.2 Å². The number of ether oxygens (including phenoxy) is 3. The molecule has 224 valence electrons. The molecule has 0 fully saturated rings. The fourth-order valence-corrected chi connectivity index (χ4v) is 5.61. The molecule has 1 aliphatic rings. The number of nitrogens with zero attached hydrogens (tertiary/aromatic N) is 1. The summed E-state index contributed by atoms with van der Waals surface area (Å²) in [6.07, 6.45) is 1.42. The van der Waals surface area contributed by atoms with E-state index in [4.69, 9.17) is 49.6 Å². The lowest BCUT2D eigenvalue weighted by molar-refractivity contribution is -0.139. The number of hydrogen-bond acceptors (Lipinski definition) is 7. The largest absolute Gasteiger partial charge is 0.487 e. The first-order valence-electron chi connectivity index (χ1n) is 13.0. The van der Waals surface area contributed by atoms with E-state index in [-0.39, 0.29) is 19.8 Å². The molecule has 0 aliphatic carbocycles. The Kier molecular flexibility index (Phi) is 11.4. The number of thiocarbonyl (C=S) groups is 1. The number of rotatable bonds is 11. The summed E-state index contributed by atoms with van der Waals surface area (Å²) in [6, 6.07) is 17.1. The summed E-state index contributed by atoms with van der Waals surface area (Å²) in [5, 5.41) is 11.5. The van der Waals surface area contributed by atoms with E-state index in [1.807, 2.05) is 18.2 Å². The molecular formula is C30H27BrCl2N4O5S. The van der Waals surface area contributed by atoms with E-state index in [1.54, 1.807) is 56.3 Å². The van der Waals surface area contributed by atoms with Crippen molar-refractivity contribution in [1.29, 1.82) is 0 Å². The Hall–Kier alpha value is -3.64. The monoisotopic (exact) mass is 704 g/mol. The molecule has 1 heterocycles. The van der Waals surface area contributed by atoms with Crippen molar-refractivity contribution < 1.29 is 23.8 Å². The van der Waals surface area contributed by atoms with Crippen LogP contribution >= 0.6 is 51.3 Å². The van der Waals surface area contributed by atoms with Crippen molar-refractivity contribution in [2.24, 2.45) is 5.10 Å². The Bertz CT molecular complexity index is 1600. The van der Waals surface area contributed by atoms with Crippen LogP contribution in [0.15, 0.2) is 81.5 Å². The van der Waals surface area contributed by atoms with Crippen molar-refractivity contribution in [1.82, 2.24) is 16.1 Å². The summed E-state index contributed by atoms with van der Waals surface area (Å²) in [5.41, 5.74) is 5.32. The zero-order valence-corrected chi connectivity index (χ0v) is 27.0. The predicted molar refractivity (Wildman–Crippen MR) is 174 cm³/mol. The van der Waals surface area contributed by atoms with E-state index >= 15 is 0 Å². The van der Waals surface area contributed by atoms with Crippen molar-refractivity contribution in [3.8, 4) is 11.5 Å². The van der Waals surface area contributed by atoms with Crippen LogP contribution in [-0.2, 0) is 20.9 Å². The Labute approximate surface area is 272 Å². The molecule has 0 aromatic heterocycles. The van der Waals surface area contributed by atoms with Gasteiger partial charge in [-0.1, -0.05) is 59.6 Å². The van der Waals surface area contributed by atoms with E-state index < -0.39 is 17.9 Å². The van der Waals surface area contributed by atoms with Crippen LogP contribution in [0.2, 0.25) is 10.0 Å². The number of carbonyl (C=O) groups is 2. The average molecular weight is 706 g/mol. The summed E-state index contributed by atoms with van der Waals surface area (Å²) in [5.74, 6) is -0.151. The number of amides is 1. The number of nitrogens with one attached hydrogen (secondary N) is 3. The first-order valence-corrected chi connectivity index (χ1v) is 15.0. The van der Waals surface area contributed by atoms with Gasteiger partial charge in [0.15, 0.2) is 11.7 Å². The normalized spacial score (nSPS) is 14.6. The van der Waals surface area contributed by atoms with Crippen LogP contribution in [0, 0.1) is 0 Å². The van der Waals surface area contributed by atoms with E-state index in [2.05, 4.69) is 37.1 Å². The molecule has 0 unspecified atom stereocenters. The van der Waals surface area contributed by atoms with E-state index in [9.17, 15) is 9.59 Å². The molecule has 1 amide bonds. The molecule has 3 aromatic carbocycles. The van der Waals surface area contributed by atoms with Gasteiger partial charge in [-0.3, -0.25) is 4.79 Å². The minimum absolute atomic E-state index is 0.212. The molecule has 0 saturated carbocycles. The maximum Gasteiger partial charge on any atom is 0.338 e. The van der Waals surface area contributed by atoms with Crippen molar-refractivity contribution in [2.45, 2.75) is 26.5 Å². The van der Waals surface area contributed by atoms with Gasteiger partial charge in [0.05, 0.1) is 28.9 Å². The van der Waals surface area contributed by atoms with Gasteiger partial charge in [-0.25, -0.2) is 10.2 Å². The number of hydrazone groups is 1. The second-order valence-electron chi connectivity index (χ2n) is 9.10. The highest BCUT2D eigenvalue weighted by Crippen LogP contribution is 2.34. The summed E-state index contributed by atoms with van der Waals surface area (Å²) in [7, 11) is 0. The van der Waals surface area contributed by atoms with Gasteiger partial charge < -0.3 is 24.8 Å². The Morgan fingerprint density at radius 3 is 2.63 bits per heavy atom. The SMILES string of the molecule is CCOC(=O)C1=C(C)NC(=S)N[C@H]1c1ccccc1OCC(=O)NN=Cc1cc(Cl)cc(Br)c1OCc1ccccc1Cl. The van der Waals surface area contributed by atoms with Gasteiger partial charge >= 0.3 is 5.97 Å². The fraction of sp³-hybridized carbons (Fsp3) is 0.200. The van der Waals surface area contributed by atoms with Crippen LogP contribution < -0.4 is 25.5 Å². The van der Waals surface area contributed by atoms with Crippen LogP contribution in [-0.4, -0.2) is 36.4 Å². The van der Waals surface area contributed by atoms with E-state index in [0.29, 0.717) is 53.5 Å². The molecule has 0 radical (unpaired) electrons. The van der Waals surface area contributed by atoms with Crippen molar-refractivity contribution in [3.05, 3.63) is 103 Å². The molecule has 43 heavy (non-hydrogen) atoms. The van der Waals surface area contributed by atoms with Gasteiger partial charge in [-0.15, -0.1) is 0 Å². The van der Waals surface area contributed by atoms with Gasteiger partial charge in [0.1, 0.15) is 18.1 Å². The molecule has 0 bridgehead atoms. The molecule has 3 N–H and O–H groups in total. The number of halogens is 3. The van der Waals surface area contributed by atoms with Gasteiger partial charge in [0.2, 0.25) is 0 Å². The summed E-state index contributed by atoms with van der Waals surface area (Å²) in [4.78, 5) is 25.4. The lowest BCUT2D eigenvalue weighted by atomic mass is 9.95. The van der Waals surface area contributed by atoms with Crippen LogP contribution in [0.5, 0.6) is 11.5 Å². The third kappa shape index (κ3) is 8.47. The lowest BCUT2D eigenvalue weighted by Crippen LogP contribution is -2.45. The number of allylic oxidation sites excluding steroid dienone is 1. The van der Waals surface area contributed by atoms with E-state index in [0.717, 1.165) is 5.56 Å². The second kappa shape index (κ2) is 15.2. The Morgan fingerprint density at radius 1 is 1.12 bits per heavy atom. The smallest absolute Gasteiger partial charge is 0.338 e. The number of carbonyl (C=O) groups excluding carboxylic acids is 2. The maximum absolute atomic E-state index is 12.8. The highest BCUT2D eigenvalue weighted by atomic mass is 79.9. The first kappa shape index (κ1) is 32.3. The van der Waals surface area contributed by atoms with Crippen LogP contribution in [0.3, 0.4) is 0 Å². The standard InChI is InChI=1S/C30H27BrCl2N4O5S/c1-3-40-29(39)26-17(2)35-30(43)36-27(26)21-9-5-7-11-24(21)41-16-25(38)37-34-14-19-12-20(32)13-22(31)28(19)42-15-18-8-4-6-10-23(18)33/h4-14,27H,3,15-16H2,1-2H3,(H,37,38)(H2,35,36,43)/t27-/m0/s1. The molecule has 0 saturated heterocycles. The highest BCUT2D eigenvalue weighted by molar-refractivity contribution is 9.10. The second-order valence-corrected chi connectivity index (χ2v) is 11.2. The molecule has 3 aromatic rings. The van der Waals surface area contributed by atoms with Crippen LogP contribution in [0.4, 0.5) is 0 Å². The average Bonchev–Trinajstić information content (AvgIpc) is 2.96. The third-order valence-corrected chi connectivity index (χ3v) is 7.51. The number of esters is 1. The molecule has 9 nitrogen and oxygen atoms in total. The van der Waals surface area contributed by atoms with Crippen LogP contribution in [0.25, 0.3) is 0 Å². The van der Waals surface area contributed by atoms with Crippen LogP contribution in [0.1, 0.15) is 36.6 Å². The summed E-state index contributed by atoms with van der Waals surface area (Å²) < 4.78 is 17.7. The zero-order valence-electron chi connectivity index (χ0n) is 23.1. The predicted octanol–water partition coefficient (Wildman–Crippen LogP) is 6.22. The molecular weight excluding hydrogens is 679 g/mol. The Balaban J connectivity index is 1.44. The fourth-order valence-electron chi connectivity index (χ4n) is 4.20. The quantitative estimate of drug-likeness (QED) is 0.0934. The van der Waals surface area contributed by atoms with Gasteiger partial charge in [0, 0.05) is 32.4 Å². The molecule has 0 spiro atoms. The van der Waals surface area contributed by atoms with Crippen molar-refractivity contribution in [3.63, 3.8) is 0 Å².